The number of thiazole rings is 1. The molecule has 0 unspecified atom stereocenters. The SMILES string of the molecule is O=C(O)Nc1nc(CCN2CCC3(CC2)CN(c2ccccc2)C(=O)C2(CC2)O3)cs1. The Morgan fingerprint density at radius 2 is 1.94 bits per heavy atom. The third-order valence-corrected chi connectivity index (χ3v) is 7.29. The smallest absolute Gasteiger partial charge is 0.410 e. The maximum Gasteiger partial charge on any atom is 0.410 e. The Morgan fingerprint density at radius 3 is 2.61 bits per heavy atom. The normalized spacial score (nSPS) is 22.1. The van der Waals surface area contributed by atoms with Crippen molar-refractivity contribution in [2.24, 2.45) is 0 Å². The van der Waals surface area contributed by atoms with Gasteiger partial charge < -0.3 is 19.6 Å². The number of hydrogen-bond donors (Lipinski definition) is 2. The molecule has 3 heterocycles. The zero-order chi connectivity index (χ0) is 21.5. The molecule has 2 N–H and O–H groups in total. The number of nitrogens with zero attached hydrogens (tertiary/aromatic N) is 3. The third-order valence-electron chi connectivity index (χ3n) is 6.48. The number of para-hydroxylation sites is 1. The van der Waals surface area contributed by atoms with Crippen molar-refractivity contribution >= 4 is 34.2 Å². The second kappa shape index (κ2) is 7.89. The highest BCUT2D eigenvalue weighted by atomic mass is 32.1. The average Bonchev–Trinajstić information content (AvgIpc) is 3.40. The lowest BCUT2D eigenvalue weighted by Gasteiger charge is -2.50. The maximum absolute atomic E-state index is 13.1. The van der Waals surface area contributed by atoms with Crippen LogP contribution < -0.4 is 10.2 Å². The van der Waals surface area contributed by atoms with Gasteiger partial charge in [-0.15, -0.1) is 11.3 Å². The predicted octanol–water partition coefficient (Wildman–Crippen LogP) is 3.21. The summed E-state index contributed by atoms with van der Waals surface area (Å²) in [5.41, 5.74) is 0.972. The van der Waals surface area contributed by atoms with Crippen molar-refractivity contribution in [3.63, 3.8) is 0 Å². The van der Waals surface area contributed by atoms with E-state index >= 15 is 0 Å². The van der Waals surface area contributed by atoms with Gasteiger partial charge in [0.25, 0.3) is 5.91 Å². The van der Waals surface area contributed by atoms with Gasteiger partial charge in [-0.25, -0.2) is 9.78 Å². The van der Waals surface area contributed by atoms with Crippen molar-refractivity contribution in [1.29, 1.82) is 0 Å². The number of carbonyl (C=O) groups excluding carboxylic acids is 1. The number of likely N-dealkylation sites (tertiary alicyclic amines) is 1. The highest BCUT2D eigenvalue weighted by molar-refractivity contribution is 7.13. The predicted molar refractivity (Wildman–Crippen MR) is 118 cm³/mol. The number of ether oxygens (including phenoxy) is 1. The molecule has 2 aromatic rings. The number of rotatable bonds is 5. The van der Waals surface area contributed by atoms with Gasteiger partial charge in [-0.05, 0) is 37.8 Å². The summed E-state index contributed by atoms with van der Waals surface area (Å²) < 4.78 is 6.54. The van der Waals surface area contributed by atoms with Crippen molar-refractivity contribution in [2.75, 3.05) is 36.4 Å². The molecule has 1 aromatic heterocycles. The molecule has 3 aliphatic rings. The van der Waals surface area contributed by atoms with E-state index in [1.807, 2.05) is 40.6 Å². The first-order valence-corrected chi connectivity index (χ1v) is 11.6. The van der Waals surface area contributed by atoms with Gasteiger partial charge in [-0.3, -0.25) is 10.1 Å². The van der Waals surface area contributed by atoms with Crippen LogP contribution in [0.3, 0.4) is 0 Å². The van der Waals surface area contributed by atoms with Crippen molar-refractivity contribution in [3.05, 3.63) is 41.4 Å². The maximum atomic E-state index is 13.1. The Labute approximate surface area is 184 Å². The number of anilines is 2. The summed E-state index contributed by atoms with van der Waals surface area (Å²) in [5, 5.41) is 13.4. The third kappa shape index (κ3) is 4.17. The lowest BCUT2D eigenvalue weighted by atomic mass is 9.87. The molecule has 3 fully saturated rings. The van der Waals surface area contributed by atoms with Crippen molar-refractivity contribution < 1.29 is 19.4 Å². The molecule has 2 amide bonds. The lowest BCUT2D eigenvalue weighted by Crippen LogP contribution is -2.63. The van der Waals surface area contributed by atoms with Crippen LogP contribution in [0.2, 0.25) is 0 Å². The van der Waals surface area contributed by atoms with Gasteiger partial charge in [0.05, 0.1) is 17.8 Å². The molecule has 1 saturated carbocycles. The Kier molecular flexibility index (Phi) is 5.19. The molecule has 2 saturated heterocycles. The summed E-state index contributed by atoms with van der Waals surface area (Å²) in [6.07, 6.45) is 3.12. The fourth-order valence-corrected chi connectivity index (χ4v) is 5.36. The van der Waals surface area contributed by atoms with Crippen LogP contribution in [0.4, 0.5) is 15.6 Å². The largest absolute Gasteiger partial charge is 0.465 e. The lowest BCUT2D eigenvalue weighted by molar-refractivity contribution is -0.172. The van der Waals surface area contributed by atoms with E-state index in [-0.39, 0.29) is 11.5 Å². The molecule has 9 heteroatoms. The summed E-state index contributed by atoms with van der Waals surface area (Å²) in [4.78, 5) is 32.5. The fraction of sp³-hybridized carbons (Fsp3) is 0.500. The minimum Gasteiger partial charge on any atom is -0.465 e. The standard InChI is InChI=1S/C22H26N4O4S/c27-18-22(7-8-22)30-21(15-26(18)17-4-2-1-3-5-17)9-12-25(13-10-21)11-6-16-14-31-19(23-16)24-20(28)29/h1-5,14H,6-13,15H2,(H,23,24)(H,28,29). The molecular formula is C22H26N4O4S. The van der Waals surface area contributed by atoms with E-state index < -0.39 is 11.7 Å². The average molecular weight is 443 g/mol. The quantitative estimate of drug-likeness (QED) is 0.738. The van der Waals surface area contributed by atoms with Gasteiger partial charge in [0.1, 0.15) is 5.60 Å². The molecule has 0 radical (unpaired) electrons. The number of amides is 2. The number of aromatic nitrogens is 1. The monoisotopic (exact) mass is 442 g/mol. The van der Waals surface area contributed by atoms with Gasteiger partial charge in [0.15, 0.2) is 5.13 Å². The van der Waals surface area contributed by atoms with Crippen molar-refractivity contribution in [1.82, 2.24) is 9.88 Å². The topological polar surface area (TPSA) is 95.0 Å². The first-order valence-electron chi connectivity index (χ1n) is 10.7. The van der Waals surface area contributed by atoms with E-state index in [0.29, 0.717) is 11.7 Å². The van der Waals surface area contributed by atoms with E-state index in [4.69, 9.17) is 9.84 Å². The fourth-order valence-electron chi connectivity index (χ4n) is 4.63. The first kappa shape index (κ1) is 20.4. The van der Waals surface area contributed by atoms with Crippen LogP contribution in [0.1, 0.15) is 31.4 Å². The summed E-state index contributed by atoms with van der Waals surface area (Å²) >= 11 is 1.31. The Hall–Kier alpha value is -2.49. The minimum absolute atomic E-state index is 0.112. The second-order valence-corrected chi connectivity index (χ2v) is 9.53. The molecule has 0 bridgehead atoms. The number of piperidine rings is 1. The Balaban J connectivity index is 1.20. The number of carboxylic acid groups (broad SMARTS) is 1. The molecule has 31 heavy (non-hydrogen) atoms. The van der Waals surface area contributed by atoms with Crippen LogP contribution in [-0.4, -0.2) is 64.4 Å². The zero-order valence-corrected chi connectivity index (χ0v) is 18.1. The number of hydrogen-bond acceptors (Lipinski definition) is 6. The van der Waals surface area contributed by atoms with Crippen LogP contribution >= 0.6 is 11.3 Å². The summed E-state index contributed by atoms with van der Waals surface area (Å²) in [7, 11) is 0. The summed E-state index contributed by atoms with van der Waals surface area (Å²) in [5.74, 6) is 0.112. The van der Waals surface area contributed by atoms with Crippen LogP contribution in [0.5, 0.6) is 0 Å². The van der Waals surface area contributed by atoms with Crippen molar-refractivity contribution in [3.8, 4) is 0 Å². The Bertz CT molecular complexity index is 967. The molecule has 1 aromatic carbocycles. The van der Waals surface area contributed by atoms with E-state index in [1.54, 1.807) is 0 Å². The highest BCUT2D eigenvalue weighted by Crippen LogP contribution is 2.50. The Morgan fingerprint density at radius 1 is 1.19 bits per heavy atom. The van der Waals surface area contributed by atoms with Crippen LogP contribution in [0.15, 0.2) is 35.7 Å². The molecule has 2 spiro atoms. The van der Waals surface area contributed by atoms with E-state index in [2.05, 4.69) is 15.2 Å². The molecule has 1 aliphatic carbocycles. The molecule has 164 valence electrons. The van der Waals surface area contributed by atoms with E-state index in [0.717, 1.165) is 63.1 Å². The number of carbonyl (C=O) groups is 2. The van der Waals surface area contributed by atoms with E-state index in [1.165, 1.54) is 11.3 Å². The zero-order valence-electron chi connectivity index (χ0n) is 17.2. The molecule has 8 nitrogen and oxygen atoms in total. The van der Waals surface area contributed by atoms with Crippen LogP contribution in [0, 0.1) is 0 Å². The van der Waals surface area contributed by atoms with Gasteiger partial charge >= 0.3 is 6.09 Å². The second-order valence-electron chi connectivity index (χ2n) is 8.67. The summed E-state index contributed by atoms with van der Waals surface area (Å²) in [6, 6.07) is 9.93. The molecule has 0 atom stereocenters. The molecular weight excluding hydrogens is 416 g/mol. The minimum atomic E-state index is -1.09. The van der Waals surface area contributed by atoms with Gasteiger partial charge in [0, 0.05) is 37.1 Å². The number of benzene rings is 1. The van der Waals surface area contributed by atoms with Gasteiger partial charge in [0.2, 0.25) is 0 Å². The van der Waals surface area contributed by atoms with E-state index in [9.17, 15) is 9.59 Å². The summed E-state index contributed by atoms with van der Waals surface area (Å²) in [6.45, 7) is 3.31. The highest BCUT2D eigenvalue weighted by Gasteiger charge is 2.62. The molecule has 5 rings (SSSR count). The molecule has 2 aliphatic heterocycles. The van der Waals surface area contributed by atoms with Crippen LogP contribution in [0.25, 0.3) is 0 Å². The first-order chi connectivity index (χ1) is 15.0. The van der Waals surface area contributed by atoms with Crippen molar-refractivity contribution in [2.45, 2.75) is 43.3 Å². The van der Waals surface area contributed by atoms with Gasteiger partial charge in [-0.2, -0.15) is 0 Å². The van der Waals surface area contributed by atoms with Gasteiger partial charge in [-0.1, -0.05) is 18.2 Å². The van der Waals surface area contributed by atoms with Crippen LogP contribution in [-0.2, 0) is 16.0 Å². The number of morpholine rings is 1. The number of nitrogens with one attached hydrogen (secondary N) is 1.